The number of nitrogens with one attached hydrogen (secondary N) is 1. The maximum absolute atomic E-state index is 12.7. The zero-order valence-electron chi connectivity index (χ0n) is 13.3. The molecule has 0 aliphatic carbocycles. The second-order valence-corrected chi connectivity index (χ2v) is 7.46. The summed E-state index contributed by atoms with van der Waals surface area (Å²) in [4.78, 5) is 10.2. The summed E-state index contributed by atoms with van der Waals surface area (Å²) in [5, 5.41) is 13.8. The molecule has 0 saturated heterocycles. The summed E-state index contributed by atoms with van der Waals surface area (Å²) in [5.41, 5.74) is -0.128. The van der Waals surface area contributed by atoms with Gasteiger partial charge >= 0.3 is 0 Å². The van der Waals surface area contributed by atoms with Gasteiger partial charge in [0.25, 0.3) is 5.69 Å². The molecule has 0 aliphatic heterocycles. The van der Waals surface area contributed by atoms with Crippen LogP contribution in [0.3, 0.4) is 0 Å². The Hall–Kier alpha value is -1.51. The highest BCUT2D eigenvalue weighted by atomic mass is 32.2. The molecule has 1 aromatic carbocycles. The van der Waals surface area contributed by atoms with Gasteiger partial charge in [0.05, 0.1) is 9.82 Å². The van der Waals surface area contributed by atoms with Crippen LogP contribution in [0, 0.1) is 10.1 Å². The van der Waals surface area contributed by atoms with Gasteiger partial charge in [0, 0.05) is 37.3 Å². The van der Waals surface area contributed by atoms with Crippen LogP contribution in [0.25, 0.3) is 0 Å². The molecule has 0 radical (unpaired) electrons. The predicted octanol–water partition coefficient (Wildman–Crippen LogP) is 1.99. The minimum absolute atomic E-state index is 0.0661. The maximum atomic E-state index is 12.7. The molecule has 0 bridgehead atoms. The standard InChI is InChI=1S/C14H23N3O4S/c1-11(2)15-9-10-16(12(3)4)22(20,21)14-7-5-13(6-8-14)17(18)19/h5-8,11-12,15H,9-10H2,1-4H3. The number of nitro benzene ring substituents is 1. The van der Waals surface area contributed by atoms with Crippen molar-refractivity contribution in [1.82, 2.24) is 9.62 Å². The first kappa shape index (κ1) is 18.5. The van der Waals surface area contributed by atoms with E-state index in [4.69, 9.17) is 0 Å². The van der Waals surface area contributed by atoms with Crippen LogP contribution in [0.1, 0.15) is 27.7 Å². The lowest BCUT2D eigenvalue weighted by Crippen LogP contribution is -2.42. The molecule has 124 valence electrons. The minimum Gasteiger partial charge on any atom is -0.313 e. The molecular formula is C14H23N3O4S. The summed E-state index contributed by atoms with van der Waals surface area (Å²) in [6, 6.07) is 5.04. The Morgan fingerprint density at radius 2 is 1.73 bits per heavy atom. The topological polar surface area (TPSA) is 92.6 Å². The minimum atomic E-state index is -3.67. The van der Waals surface area contributed by atoms with Crippen molar-refractivity contribution in [1.29, 1.82) is 0 Å². The molecule has 8 heteroatoms. The summed E-state index contributed by atoms with van der Waals surface area (Å²) >= 11 is 0. The largest absolute Gasteiger partial charge is 0.313 e. The van der Waals surface area contributed by atoms with Crippen molar-refractivity contribution in [3.05, 3.63) is 34.4 Å². The van der Waals surface area contributed by atoms with E-state index in [0.29, 0.717) is 13.1 Å². The summed E-state index contributed by atoms with van der Waals surface area (Å²) in [6.45, 7) is 8.48. The van der Waals surface area contributed by atoms with Crippen LogP contribution in [-0.4, -0.2) is 42.8 Å². The number of rotatable bonds is 8. The van der Waals surface area contributed by atoms with Crippen LogP contribution in [0.4, 0.5) is 5.69 Å². The van der Waals surface area contributed by atoms with Crippen molar-refractivity contribution in [2.24, 2.45) is 0 Å². The summed E-state index contributed by atoms with van der Waals surface area (Å²) in [7, 11) is -3.67. The van der Waals surface area contributed by atoms with E-state index in [2.05, 4.69) is 5.32 Å². The van der Waals surface area contributed by atoms with E-state index in [1.54, 1.807) is 13.8 Å². The van der Waals surface area contributed by atoms with Gasteiger partial charge in [-0.05, 0) is 26.0 Å². The number of hydrogen-bond donors (Lipinski definition) is 1. The SMILES string of the molecule is CC(C)NCCN(C(C)C)S(=O)(=O)c1ccc([N+](=O)[O-])cc1. The first-order valence-corrected chi connectivity index (χ1v) is 8.60. The molecule has 0 fully saturated rings. The zero-order chi connectivity index (χ0) is 16.9. The summed E-state index contributed by atoms with van der Waals surface area (Å²) in [5.74, 6) is 0. The van der Waals surface area contributed by atoms with Crippen LogP contribution in [0.15, 0.2) is 29.2 Å². The van der Waals surface area contributed by atoms with E-state index in [9.17, 15) is 18.5 Å². The second-order valence-electron chi connectivity index (χ2n) is 5.57. The fourth-order valence-corrected chi connectivity index (χ4v) is 3.63. The highest BCUT2D eigenvalue weighted by Crippen LogP contribution is 2.21. The normalized spacial score (nSPS) is 12.3. The fourth-order valence-electron chi connectivity index (χ4n) is 1.99. The lowest BCUT2D eigenvalue weighted by Gasteiger charge is -2.26. The predicted molar refractivity (Wildman–Crippen MR) is 85.3 cm³/mol. The number of nitrogens with zero attached hydrogens (tertiary/aromatic N) is 2. The molecule has 0 aliphatic rings. The Kier molecular flexibility index (Phi) is 6.46. The van der Waals surface area contributed by atoms with E-state index in [-0.39, 0.29) is 22.7 Å². The first-order chi connectivity index (χ1) is 10.2. The van der Waals surface area contributed by atoms with Crippen LogP contribution in [0.5, 0.6) is 0 Å². The third-order valence-corrected chi connectivity index (χ3v) is 5.20. The molecule has 0 spiro atoms. The molecule has 1 aromatic rings. The molecule has 0 heterocycles. The smallest absolute Gasteiger partial charge is 0.269 e. The van der Waals surface area contributed by atoms with Crippen LogP contribution >= 0.6 is 0 Å². The van der Waals surface area contributed by atoms with Crippen LogP contribution < -0.4 is 5.32 Å². The summed E-state index contributed by atoms with van der Waals surface area (Å²) < 4.78 is 26.7. The van der Waals surface area contributed by atoms with E-state index >= 15 is 0 Å². The van der Waals surface area contributed by atoms with E-state index in [1.165, 1.54) is 28.6 Å². The van der Waals surface area contributed by atoms with Gasteiger partial charge in [-0.2, -0.15) is 4.31 Å². The quantitative estimate of drug-likeness (QED) is 0.581. The van der Waals surface area contributed by atoms with Crippen molar-refractivity contribution in [2.45, 2.75) is 44.7 Å². The van der Waals surface area contributed by atoms with Gasteiger partial charge in [0.15, 0.2) is 0 Å². The van der Waals surface area contributed by atoms with Gasteiger partial charge < -0.3 is 5.32 Å². The maximum Gasteiger partial charge on any atom is 0.269 e. The van der Waals surface area contributed by atoms with Crippen molar-refractivity contribution < 1.29 is 13.3 Å². The van der Waals surface area contributed by atoms with Gasteiger partial charge in [0.1, 0.15) is 0 Å². The molecule has 0 atom stereocenters. The van der Waals surface area contributed by atoms with Gasteiger partial charge in [0.2, 0.25) is 10.0 Å². The number of hydrogen-bond acceptors (Lipinski definition) is 5. The molecular weight excluding hydrogens is 306 g/mol. The lowest BCUT2D eigenvalue weighted by atomic mass is 10.3. The Morgan fingerprint density at radius 3 is 2.14 bits per heavy atom. The molecule has 7 nitrogen and oxygen atoms in total. The average Bonchev–Trinajstić information content (AvgIpc) is 2.42. The fraction of sp³-hybridized carbons (Fsp3) is 0.571. The Balaban J connectivity index is 2.98. The number of non-ortho nitro benzene ring substituents is 1. The zero-order valence-corrected chi connectivity index (χ0v) is 14.1. The van der Waals surface area contributed by atoms with Gasteiger partial charge in [-0.15, -0.1) is 0 Å². The van der Waals surface area contributed by atoms with Gasteiger partial charge in [-0.3, -0.25) is 10.1 Å². The molecule has 1 rings (SSSR count). The van der Waals surface area contributed by atoms with Crippen molar-refractivity contribution in [3.8, 4) is 0 Å². The third-order valence-electron chi connectivity index (χ3n) is 3.11. The summed E-state index contributed by atoms with van der Waals surface area (Å²) in [6.07, 6.45) is 0. The molecule has 0 saturated carbocycles. The van der Waals surface area contributed by atoms with E-state index in [0.717, 1.165) is 0 Å². The highest BCUT2D eigenvalue weighted by Gasteiger charge is 2.27. The Labute approximate surface area is 131 Å². The molecule has 22 heavy (non-hydrogen) atoms. The number of benzene rings is 1. The van der Waals surface area contributed by atoms with Crippen LogP contribution in [-0.2, 0) is 10.0 Å². The second kappa shape index (κ2) is 7.66. The Morgan fingerprint density at radius 1 is 1.18 bits per heavy atom. The average molecular weight is 329 g/mol. The van der Waals surface area contributed by atoms with Crippen molar-refractivity contribution >= 4 is 15.7 Å². The molecule has 1 N–H and O–H groups in total. The molecule has 0 unspecified atom stereocenters. The van der Waals surface area contributed by atoms with Crippen molar-refractivity contribution in [3.63, 3.8) is 0 Å². The van der Waals surface area contributed by atoms with E-state index < -0.39 is 14.9 Å². The Bertz CT molecular complexity index is 597. The van der Waals surface area contributed by atoms with Crippen LogP contribution in [0.2, 0.25) is 0 Å². The monoisotopic (exact) mass is 329 g/mol. The first-order valence-electron chi connectivity index (χ1n) is 7.16. The molecule has 0 aromatic heterocycles. The molecule has 0 amide bonds. The van der Waals surface area contributed by atoms with Crippen molar-refractivity contribution in [2.75, 3.05) is 13.1 Å². The van der Waals surface area contributed by atoms with E-state index in [1.807, 2.05) is 13.8 Å². The highest BCUT2D eigenvalue weighted by molar-refractivity contribution is 7.89. The van der Waals surface area contributed by atoms with Gasteiger partial charge in [-0.1, -0.05) is 13.8 Å². The third kappa shape index (κ3) is 4.75. The lowest BCUT2D eigenvalue weighted by molar-refractivity contribution is -0.384. The van der Waals surface area contributed by atoms with Gasteiger partial charge in [-0.25, -0.2) is 8.42 Å². The number of sulfonamides is 1. The number of nitro groups is 1.